The molecule has 62 heavy (non-hydrogen) atoms. The standard InChI is InChI=1S/C61H39N/c1-2-17-40(18-3-1)41-33-35-42(36-34-41)62(59-32-15-11-25-51(59)54-28-16-27-53-46-20-5-4-19-44(46)45-21-6-7-26-52(45)60(53)54)43-37-38-50-49-24-10-14-31-57(49)61(58(50)39-43)55-29-12-8-22-47(55)48-23-9-13-30-56(48)61/h1-39H. The van der Waals surface area contributed by atoms with Crippen molar-refractivity contribution in [1.82, 2.24) is 0 Å². The van der Waals surface area contributed by atoms with E-state index in [-0.39, 0.29) is 0 Å². The third-order valence-corrected chi connectivity index (χ3v) is 13.7. The van der Waals surface area contributed by atoms with Gasteiger partial charge in [-0.1, -0.05) is 206 Å². The minimum absolute atomic E-state index is 0.451. The van der Waals surface area contributed by atoms with E-state index in [0.29, 0.717) is 0 Å². The molecule has 0 saturated carbocycles. The highest BCUT2D eigenvalue weighted by molar-refractivity contribution is 6.28. The molecule has 11 aromatic carbocycles. The smallest absolute Gasteiger partial charge is 0.0726 e. The minimum atomic E-state index is -0.451. The number of para-hydroxylation sites is 1. The Morgan fingerprint density at radius 3 is 1.29 bits per heavy atom. The van der Waals surface area contributed by atoms with E-state index in [4.69, 9.17) is 0 Å². The Balaban J connectivity index is 1.09. The van der Waals surface area contributed by atoms with Crippen LogP contribution in [0.5, 0.6) is 0 Å². The van der Waals surface area contributed by atoms with Gasteiger partial charge in [-0.2, -0.15) is 0 Å². The molecule has 0 unspecified atom stereocenters. The molecule has 0 aliphatic heterocycles. The highest BCUT2D eigenvalue weighted by atomic mass is 15.1. The number of hydrogen-bond donors (Lipinski definition) is 0. The molecule has 1 heteroatoms. The Morgan fingerprint density at radius 2 is 0.677 bits per heavy atom. The lowest BCUT2D eigenvalue weighted by Crippen LogP contribution is -2.26. The van der Waals surface area contributed by atoms with E-state index in [1.807, 2.05) is 0 Å². The molecule has 11 aromatic rings. The topological polar surface area (TPSA) is 3.24 Å². The molecule has 288 valence electrons. The van der Waals surface area contributed by atoms with Crippen LogP contribution in [0.1, 0.15) is 22.3 Å². The first-order valence-corrected chi connectivity index (χ1v) is 21.6. The third kappa shape index (κ3) is 4.85. The summed E-state index contributed by atoms with van der Waals surface area (Å²) in [5.74, 6) is 0. The molecule has 0 aromatic heterocycles. The van der Waals surface area contributed by atoms with E-state index in [1.54, 1.807) is 0 Å². The summed E-state index contributed by atoms with van der Waals surface area (Å²) in [6, 6.07) is 87.9. The number of anilines is 3. The third-order valence-electron chi connectivity index (χ3n) is 13.7. The zero-order chi connectivity index (χ0) is 40.8. The number of benzene rings is 11. The maximum absolute atomic E-state index is 2.50. The molecule has 0 radical (unpaired) electrons. The van der Waals surface area contributed by atoms with Crippen molar-refractivity contribution in [1.29, 1.82) is 0 Å². The molecule has 1 nitrogen and oxygen atoms in total. The molecule has 0 heterocycles. The van der Waals surface area contributed by atoms with Gasteiger partial charge in [0.25, 0.3) is 0 Å². The van der Waals surface area contributed by atoms with Crippen molar-refractivity contribution in [3.63, 3.8) is 0 Å². The number of rotatable bonds is 5. The summed E-state index contributed by atoms with van der Waals surface area (Å²) in [6.07, 6.45) is 0. The van der Waals surface area contributed by atoms with Crippen molar-refractivity contribution in [2.75, 3.05) is 4.90 Å². The van der Waals surface area contributed by atoms with Crippen LogP contribution in [0.3, 0.4) is 0 Å². The average molecular weight is 786 g/mol. The van der Waals surface area contributed by atoms with Crippen molar-refractivity contribution in [2.24, 2.45) is 0 Å². The van der Waals surface area contributed by atoms with Crippen LogP contribution >= 0.6 is 0 Å². The van der Waals surface area contributed by atoms with E-state index >= 15 is 0 Å². The second kappa shape index (κ2) is 13.5. The summed E-state index contributed by atoms with van der Waals surface area (Å²) >= 11 is 0. The van der Waals surface area contributed by atoms with Crippen molar-refractivity contribution >= 4 is 49.4 Å². The molecule has 2 aliphatic carbocycles. The fraction of sp³-hybridized carbons (Fsp3) is 0.0164. The predicted molar refractivity (Wildman–Crippen MR) is 261 cm³/mol. The van der Waals surface area contributed by atoms with E-state index in [1.165, 1.54) is 99.1 Å². The molecular formula is C61H39N. The second-order valence-corrected chi connectivity index (χ2v) is 16.7. The minimum Gasteiger partial charge on any atom is -0.310 e. The number of hydrogen-bond acceptors (Lipinski definition) is 1. The molecule has 2 aliphatic rings. The van der Waals surface area contributed by atoms with Gasteiger partial charge in [-0.25, -0.2) is 0 Å². The van der Waals surface area contributed by atoms with Crippen molar-refractivity contribution in [3.8, 4) is 44.5 Å². The lowest BCUT2D eigenvalue weighted by molar-refractivity contribution is 0.793. The largest absolute Gasteiger partial charge is 0.310 e. The highest BCUT2D eigenvalue weighted by Crippen LogP contribution is 2.63. The monoisotopic (exact) mass is 785 g/mol. The van der Waals surface area contributed by atoms with Gasteiger partial charge >= 0.3 is 0 Å². The van der Waals surface area contributed by atoms with Crippen molar-refractivity contribution < 1.29 is 0 Å². The van der Waals surface area contributed by atoms with Crippen LogP contribution in [0, 0.1) is 0 Å². The van der Waals surface area contributed by atoms with Crippen LogP contribution in [0.15, 0.2) is 237 Å². The van der Waals surface area contributed by atoms with Gasteiger partial charge in [0.05, 0.1) is 11.1 Å². The van der Waals surface area contributed by atoms with E-state index in [2.05, 4.69) is 241 Å². The van der Waals surface area contributed by atoms with E-state index in [9.17, 15) is 0 Å². The normalized spacial score (nSPS) is 13.0. The molecule has 0 fully saturated rings. The van der Waals surface area contributed by atoms with Gasteiger partial charge < -0.3 is 4.90 Å². The van der Waals surface area contributed by atoms with Crippen molar-refractivity contribution in [2.45, 2.75) is 5.41 Å². The maximum atomic E-state index is 2.50. The summed E-state index contributed by atoms with van der Waals surface area (Å²) in [6.45, 7) is 0. The summed E-state index contributed by atoms with van der Waals surface area (Å²) in [5.41, 5.74) is 18.3. The average Bonchev–Trinajstić information content (AvgIpc) is 3.82. The lowest BCUT2D eigenvalue weighted by atomic mass is 9.70. The lowest BCUT2D eigenvalue weighted by Gasteiger charge is -2.33. The summed E-state index contributed by atoms with van der Waals surface area (Å²) in [5, 5.41) is 7.63. The summed E-state index contributed by atoms with van der Waals surface area (Å²) < 4.78 is 0. The fourth-order valence-electron chi connectivity index (χ4n) is 11.2. The highest BCUT2D eigenvalue weighted by Gasteiger charge is 2.51. The zero-order valence-electron chi connectivity index (χ0n) is 34.0. The van der Waals surface area contributed by atoms with Gasteiger partial charge in [0.2, 0.25) is 0 Å². The second-order valence-electron chi connectivity index (χ2n) is 16.7. The summed E-state index contributed by atoms with van der Waals surface area (Å²) in [7, 11) is 0. The molecular weight excluding hydrogens is 747 g/mol. The summed E-state index contributed by atoms with van der Waals surface area (Å²) in [4.78, 5) is 2.50. The zero-order valence-corrected chi connectivity index (χ0v) is 34.0. The Hall–Kier alpha value is -8.00. The van der Waals surface area contributed by atoms with Crippen LogP contribution in [-0.2, 0) is 5.41 Å². The van der Waals surface area contributed by atoms with Crippen LogP contribution < -0.4 is 4.90 Å². The Bertz CT molecular complexity index is 3470. The van der Waals surface area contributed by atoms with Gasteiger partial charge in [0.15, 0.2) is 0 Å². The first-order valence-electron chi connectivity index (χ1n) is 21.6. The van der Waals surface area contributed by atoms with E-state index in [0.717, 1.165) is 17.1 Å². The first-order chi connectivity index (χ1) is 30.8. The van der Waals surface area contributed by atoms with Crippen LogP contribution in [-0.4, -0.2) is 0 Å². The van der Waals surface area contributed by atoms with Crippen LogP contribution in [0.4, 0.5) is 17.1 Å². The van der Waals surface area contributed by atoms with Crippen molar-refractivity contribution in [3.05, 3.63) is 259 Å². The SMILES string of the molecule is c1ccc(-c2ccc(N(c3ccc4c(c3)C3(c5ccccc5-c5ccccc53)c3ccccc3-4)c3ccccc3-c3cccc4c5ccccc5c5ccccc5c34)cc2)cc1. The molecule has 0 amide bonds. The van der Waals surface area contributed by atoms with Gasteiger partial charge in [0.1, 0.15) is 0 Å². The molecule has 0 bridgehead atoms. The number of nitrogens with zero attached hydrogens (tertiary/aromatic N) is 1. The van der Waals surface area contributed by atoms with Gasteiger partial charge in [-0.05, 0) is 124 Å². The molecule has 13 rings (SSSR count). The number of fused-ring (bicyclic) bond motifs is 16. The molecule has 0 N–H and O–H groups in total. The Morgan fingerprint density at radius 1 is 0.258 bits per heavy atom. The van der Waals surface area contributed by atoms with E-state index < -0.39 is 5.41 Å². The maximum Gasteiger partial charge on any atom is 0.0726 e. The van der Waals surface area contributed by atoms with Gasteiger partial charge in [-0.3, -0.25) is 0 Å². The molecule has 0 atom stereocenters. The van der Waals surface area contributed by atoms with Crippen LogP contribution in [0.2, 0.25) is 0 Å². The van der Waals surface area contributed by atoms with Gasteiger partial charge in [-0.15, -0.1) is 0 Å². The van der Waals surface area contributed by atoms with Crippen LogP contribution in [0.25, 0.3) is 76.8 Å². The molecule has 1 spiro atoms. The first kappa shape index (κ1) is 34.8. The fourth-order valence-corrected chi connectivity index (χ4v) is 11.2. The van der Waals surface area contributed by atoms with Gasteiger partial charge in [0, 0.05) is 16.9 Å². The Kier molecular flexibility index (Phi) is 7.59. The predicted octanol–water partition coefficient (Wildman–Crippen LogP) is 16.3. The Labute approximate surface area is 361 Å². The quantitative estimate of drug-likeness (QED) is 0.157. The molecule has 0 saturated heterocycles.